The maximum absolute atomic E-state index is 4.30. The second kappa shape index (κ2) is 4.65. The van der Waals surface area contributed by atoms with E-state index in [9.17, 15) is 0 Å². The molecule has 0 saturated heterocycles. The van der Waals surface area contributed by atoms with Crippen molar-refractivity contribution in [1.82, 2.24) is 14.5 Å². The van der Waals surface area contributed by atoms with Crippen LogP contribution in [0.3, 0.4) is 0 Å². The largest absolute Gasteiger partial charge is 0.319 e. The summed E-state index contributed by atoms with van der Waals surface area (Å²) in [5.74, 6) is 0. The third-order valence-electron chi connectivity index (χ3n) is 3.07. The van der Waals surface area contributed by atoms with E-state index < -0.39 is 0 Å². The van der Waals surface area contributed by atoms with E-state index in [1.807, 2.05) is 10.9 Å². The zero-order valence-electron chi connectivity index (χ0n) is 10.9. The standard InChI is InChI=1S/C13H20N4/c1-5-16-9-13(8-14-16)12(4)15-17-10(2)6-7-11(17)3/h6-9,12,15H,5H2,1-4H3. The van der Waals surface area contributed by atoms with Crippen LogP contribution in [0.5, 0.6) is 0 Å². The second-order valence-corrected chi connectivity index (χ2v) is 4.43. The minimum absolute atomic E-state index is 0.250. The van der Waals surface area contributed by atoms with E-state index >= 15 is 0 Å². The van der Waals surface area contributed by atoms with Crippen molar-refractivity contribution in [3.8, 4) is 0 Å². The van der Waals surface area contributed by atoms with Gasteiger partial charge < -0.3 is 5.43 Å². The number of aromatic nitrogens is 3. The highest BCUT2D eigenvalue weighted by Gasteiger charge is 2.09. The number of hydrogen-bond donors (Lipinski definition) is 1. The van der Waals surface area contributed by atoms with E-state index in [0.717, 1.165) is 6.54 Å². The van der Waals surface area contributed by atoms with Crippen LogP contribution in [0.15, 0.2) is 24.5 Å². The fourth-order valence-electron chi connectivity index (χ4n) is 1.92. The van der Waals surface area contributed by atoms with E-state index in [2.05, 4.69) is 61.2 Å². The van der Waals surface area contributed by atoms with Crippen molar-refractivity contribution in [2.24, 2.45) is 0 Å². The molecule has 2 aromatic rings. The minimum Gasteiger partial charge on any atom is -0.319 e. The SMILES string of the molecule is CCn1cc(C(C)Nn2c(C)ccc2C)cn1. The Balaban J connectivity index is 2.14. The molecule has 0 aromatic carbocycles. The number of aryl methyl sites for hydroxylation is 3. The van der Waals surface area contributed by atoms with Gasteiger partial charge in [-0.25, -0.2) is 0 Å². The molecule has 2 heterocycles. The summed E-state index contributed by atoms with van der Waals surface area (Å²) in [5.41, 5.74) is 7.12. The van der Waals surface area contributed by atoms with Gasteiger partial charge in [0.25, 0.3) is 0 Å². The molecular formula is C13H20N4. The van der Waals surface area contributed by atoms with E-state index in [0.29, 0.717) is 0 Å². The molecule has 2 aromatic heterocycles. The highest BCUT2D eigenvalue weighted by molar-refractivity contribution is 5.19. The van der Waals surface area contributed by atoms with E-state index in [-0.39, 0.29) is 6.04 Å². The van der Waals surface area contributed by atoms with Gasteiger partial charge in [-0.15, -0.1) is 0 Å². The van der Waals surface area contributed by atoms with Crippen molar-refractivity contribution in [2.75, 3.05) is 5.43 Å². The molecule has 0 radical (unpaired) electrons. The van der Waals surface area contributed by atoms with Crippen LogP contribution in [0.4, 0.5) is 0 Å². The molecule has 1 unspecified atom stereocenters. The maximum atomic E-state index is 4.30. The molecule has 0 amide bonds. The summed E-state index contributed by atoms with van der Waals surface area (Å²) in [4.78, 5) is 0. The number of nitrogens with zero attached hydrogens (tertiary/aromatic N) is 3. The fourth-order valence-corrected chi connectivity index (χ4v) is 1.92. The van der Waals surface area contributed by atoms with Gasteiger partial charge >= 0.3 is 0 Å². The number of rotatable bonds is 4. The first-order valence-corrected chi connectivity index (χ1v) is 6.05. The Morgan fingerprint density at radius 3 is 2.47 bits per heavy atom. The molecule has 17 heavy (non-hydrogen) atoms. The van der Waals surface area contributed by atoms with Crippen LogP contribution in [0, 0.1) is 13.8 Å². The smallest absolute Gasteiger partial charge is 0.0676 e. The molecule has 0 aliphatic carbocycles. The fraction of sp³-hybridized carbons (Fsp3) is 0.462. The average molecular weight is 232 g/mol. The van der Waals surface area contributed by atoms with E-state index in [4.69, 9.17) is 0 Å². The Kier molecular flexibility index (Phi) is 3.22. The summed E-state index contributed by atoms with van der Waals surface area (Å²) in [7, 11) is 0. The van der Waals surface area contributed by atoms with Gasteiger partial charge in [0, 0.05) is 29.7 Å². The lowest BCUT2D eigenvalue weighted by Crippen LogP contribution is -2.20. The van der Waals surface area contributed by atoms with Crippen molar-refractivity contribution >= 4 is 0 Å². The van der Waals surface area contributed by atoms with Crippen molar-refractivity contribution in [1.29, 1.82) is 0 Å². The molecule has 0 spiro atoms. The molecule has 2 rings (SSSR count). The van der Waals surface area contributed by atoms with Gasteiger partial charge in [-0.3, -0.25) is 9.36 Å². The predicted octanol–water partition coefficient (Wildman–Crippen LogP) is 2.63. The lowest BCUT2D eigenvalue weighted by atomic mass is 10.2. The Labute approximate surface area is 102 Å². The molecule has 1 atom stereocenters. The third kappa shape index (κ3) is 2.35. The zero-order valence-corrected chi connectivity index (χ0v) is 10.9. The van der Waals surface area contributed by atoms with Gasteiger partial charge in [0.05, 0.1) is 12.2 Å². The van der Waals surface area contributed by atoms with Crippen LogP contribution in [0.25, 0.3) is 0 Å². The van der Waals surface area contributed by atoms with E-state index in [1.54, 1.807) is 0 Å². The third-order valence-corrected chi connectivity index (χ3v) is 3.07. The van der Waals surface area contributed by atoms with Gasteiger partial charge in [-0.2, -0.15) is 5.10 Å². The minimum atomic E-state index is 0.250. The molecule has 1 N–H and O–H groups in total. The van der Waals surface area contributed by atoms with Gasteiger partial charge in [-0.1, -0.05) is 0 Å². The van der Waals surface area contributed by atoms with Crippen LogP contribution >= 0.6 is 0 Å². The first kappa shape index (κ1) is 11.8. The van der Waals surface area contributed by atoms with Crippen LogP contribution in [-0.2, 0) is 6.54 Å². The molecule has 92 valence electrons. The molecular weight excluding hydrogens is 212 g/mol. The monoisotopic (exact) mass is 232 g/mol. The Morgan fingerprint density at radius 2 is 1.94 bits per heavy atom. The average Bonchev–Trinajstić information content (AvgIpc) is 2.90. The summed E-state index contributed by atoms with van der Waals surface area (Å²) in [5, 5.41) is 4.30. The van der Waals surface area contributed by atoms with E-state index in [1.165, 1.54) is 17.0 Å². The van der Waals surface area contributed by atoms with Gasteiger partial charge in [0.2, 0.25) is 0 Å². The Bertz CT molecular complexity index is 476. The molecule has 4 nitrogen and oxygen atoms in total. The zero-order chi connectivity index (χ0) is 12.4. The van der Waals surface area contributed by atoms with Crippen molar-refractivity contribution in [3.05, 3.63) is 41.5 Å². The Hall–Kier alpha value is -1.71. The summed E-state index contributed by atoms with van der Waals surface area (Å²) in [6.45, 7) is 9.35. The molecule has 0 fully saturated rings. The summed E-state index contributed by atoms with van der Waals surface area (Å²) in [6, 6.07) is 4.48. The normalized spacial score (nSPS) is 12.7. The molecule has 0 bridgehead atoms. The first-order chi connectivity index (χ1) is 8.11. The predicted molar refractivity (Wildman–Crippen MR) is 69.6 cm³/mol. The topological polar surface area (TPSA) is 34.8 Å². The molecule has 0 aliphatic rings. The molecule has 0 saturated carbocycles. The van der Waals surface area contributed by atoms with Crippen molar-refractivity contribution in [3.63, 3.8) is 0 Å². The van der Waals surface area contributed by atoms with Crippen LogP contribution in [0.2, 0.25) is 0 Å². The van der Waals surface area contributed by atoms with Gasteiger partial charge in [0.1, 0.15) is 0 Å². The quantitative estimate of drug-likeness (QED) is 0.879. The van der Waals surface area contributed by atoms with Crippen molar-refractivity contribution in [2.45, 2.75) is 40.3 Å². The van der Waals surface area contributed by atoms with Gasteiger partial charge in [0.15, 0.2) is 0 Å². The molecule has 0 aliphatic heterocycles. The van der Waals surface area contributed by atoms with Crippen LogP contribution < -0.4 is 5.43 Å². The van der Waals surface area contributed by atoms with Crippen molar-refractivity contribution < 1.29 is 0 Å². The molecule has 4 heteroatoms. The lowest BCUT2D eigenvalue weighted by molar-refractivity contribution is 0.655. The summed E-state index contributed by atoms with van der Waals surface area (Å²) >= 11 is 0. The second-order valence-electron chi connectivity index (χ2n) is 4.43. The highest BCUT2D eigenvalue weighted by atomic mass is 15.4. The Morgan fingerprint density at radius 1 is 1.29 bits per heavy atom. The van der Waals surface area contributed by atoms with Crippen LogP contribution in [-0.4, -0.2) is 14.5 Å². The maximum Gasteiger partial charge on any atom is 0.0676 e. The van der Waals surface area contributed by atoms with Crippen LogP contribution in [0.1, 0.15) is 36.8 Å². The van der Waals surface area contributed by atoms with Gasteiger partial charge in [-0.05, 0) is 39.8 Å². The number of hydrogen-bond acceptors (Lipinski definition) is 2. The first-order valence-electron chi connectivity index (χ1n) is 6.05. The summed E-state index contributed by atoms with van der Waals surface area (Å²) < 4.78 is 4.07. The highest BCUT2D eigenvalue weighted by Crippen LogP contribution is 2.14. The lowest BCUT2D eigenvalue weighted by Gasteiger charge is -2.18. The summed E-state index contributed by atoms with van der Waals surface area (Å²) in [6.07, 6.45) is 4.02. The number of nitrogens with one attached hydrogen (secondary N) is 1.